The van der Waals surface area contributed by atoms with Gasteiger partial charge in [0.05, 0.1) is 27.0 Å². The van der Waals surface area contributed by atoms with Crippen molar-refractivity contribution in [1.82, 2.24) is 19.8 Å². The normalized spacial score (nSPS) is 16.1. The number of rotatable bonds is 7. The Balaban J connectivity index is 1.57. The maximum Gasteiger partial charge on any atom is 0.245 e. The number of anilines is 2. The summed E-state index contributed by atoms with van der Waals surface area (Å²) < 4.78 is 2.06. The minimum absolute atomic E-state index is 0.0531. The predicted octanol–water partition coefficient (Wildman–Crippen LogP) is 2.32. The zero-order valence-electron chi connectivity index (χ0n) is 18.8. The summed E-state index contributed by atoms with van der Waals surface area (Å²) in [5, 5.41) is 7.79. The highest BCUT2D eigenvalue weighted by Crippen LogP contribution is 2.37. The molecule has 2 amide bonds. The molecule has 1 aliphatic heterocycles. The second-order valence-corrected chi connectivity index (χ2v) is 10.6. The van der Waals surface area contributed by atoms with E-state index >= 15 is 0 Å². The molecule has 0 radical (unpaired) electrons. The number of benzene rings is 1. The highest BCUT2D eigenvalue weighted by molar-refractivity contribution is 7.24. The Morgan fingerprint density at radius 2 is 1.69 bits per heavy atom. The Morgan fingerprint density at radius 3 is 2.28 bits per heavy atom. The number of nitrogens with zero attached hydrogens (tertiary/aromatic N) is 4. The molecular weight excluding hydrogens is 446 g/mol. The van der Waals surface area contributed by atoms with Crippen molar-refractivity contribution in [3.63, 3.8) is 0 Å². The maximum atomic E-state index is 13.2. The number of hydrogen-bond donors (Lipinski definition) is 3. The molecule has 4 rings (SSSR count). The molecule has 1 saturated heterocycles. The summed E-state index contributed by atoms with van der Waals surface area (Å²) >= 11 is 3.03. The van der Waals surface area contributed by atoms with Crippen LogP contribution in [0.1, 0.15) is 19.4 Å². The van der Waals surface area contributed by atoms with E-state index in [1.165, 1.54) is 11.3 Å². The van der Waals surface area contributed by atoms with Crippen LogP contribution in [0.15, 0.2) is 6.07 Å². The largest absolute Gasteiger partial charge is 0.368 e. The monoisotopic (exact) mass is 475 g/mol. The first-order valence-electron chi connectivity index (χ1n) is 10.7. The number of likely N-dealkylation sites (N-methyl/N-ethyl adjacent to an activating group) is 1. The number of thiazole rings is 2. The van der Waals surface area contributed by atoms with E-state index in [0.717, 1.165) is 57.3 Å². The molecule has 9 nitrogen and oxygen atoms in total. The van der Waals surface area contributed by atoms with Gasteiger partial charge in [0, 0.05) is 31.7 Å². The molecule has 1 aliphatic rings. The van der Waals surface area contributed by atoms with E-state index in [1.807, 2.05) is 11.8 Å². The number of hydrogen-bond acceptors (Lipinski definition) is 9. The number of aryl methyl sites for hydroxylation is 1. The predicted molar refractivity (Wildman–Crippen MR) is 132 cm³/mol. The Kier molecular flexibility index (Phi) is 6.50. The van der Waals surface area contributed by atoms with Gasteiger partial charge in [-0.1, -0.05) is 36.5 Å². The third-order valence-electron chi connectivity index (χ3n) is 5.72. The lowest BCUT2D eigenvalue weighted by Gasteiger charge is -2.35. The second kappa shape index (κ2) is 9.16. The third-order valence-corrected chi connectivity index (χ3v) is 7.61. The summed E-state index contributed by atoms with van der Waals surface area (Å²) in [4.78, 5) is 37.8. The second-order valence-electron chi connectivity index (χ2n) is 8.55. The maximum absolute atomic E-state index is 13.2. The van der Waals surface area contributed by atoms with Gasteiger partial charge in [0.15, 0.2) is 10.3 Å². The number of fused-ring (bicyclic) bond motifs is 2. The lowest BCUT2D eigenvalue weighted by molar-refractivity contribution is -0.134. The van der Waals surface area contributed by atoms with Crippen LogP contribution >= 0.6 is 22.7 Å². The molecule has 32 heavy (non-hydrogen) atoms. The van der Waals surface area contributed by atoms with E-state index in [9.17, 15) is 9.59 Å². The molecule has 0 saturated carbocycles. The van der Waals surface area contributed by atoms with Crippen LogP contribution < -0.4 is 16.4 Å². The molecular formula is C21H29N7O2S2. The zero-order chi connectivity index (χ0) is 23.0. The molecule has 0 bridgehead atoms. The van der Waals surface area contributed by atoms with Gasteiger partial charge in [-0.25, -0.2) is 9.97 Å². The molecule has 1 aromatic carbocycles. The van der Waals surface area contributed by atoms with Crippen LogP contribution in [0.25, 0.3) is 20.4 Å². The number of carbonyl (C=O) groups excluding carboxylic acids is 2. The number of nitrogens with two attached hydrogens (primary N) is 1. The quantitative estimate of drug-likeness (QED) is 0.480. The molecule has 11 heteroatoms. The molecule has 3 aromatic rings. The van der Waals surface area contributed by atoms with E-state index in [0.29, 0.717) is 5.13 Å². The van der Waals surface area contributed by atoms with Gasteiger partial charge in [0.25, 0.3) is 0 Å². The number of aromatic nitrogens is 2. The summed E-state index contributed by atoms with van der Waals surface area (Å²) in [6, 6.07) is 1.75. The van der Waals surface area contributed by atoms with Crippen molar-refractivity contribution in [2.75, 3.05) is 50.4 Å². The van der Waals surface area contributed by atoms with Gasteiger partial charge < -0.3 is 26.2 Å². The molecule has 172 valence electrons. The van der Waals surface area contributed by atoms with Gasteiger partial charge in [0.1, 0.15) is 6.04 Å². The fourth-order valence-electron chi connectivity index (χ4n) is 3.80. The topological polar surface area (TPSA) is 116 Å². The third kappa shape index (κ3) is 4.64. The average molecular weight is 476 g/mol. The molecule has 0 aliphatic carbocycles. The smallest absolute Gasteiger partial charge is 0.245 e. The van der Waals surface area contributed by atoms with Crippen molar-refractivity contribution in [3.8, 4) is 0 Å². The Labute approximate surface area is 195 Å². The first-order chi connectivity index (χ1) is 15.2. The van der Waals surface area contributed by atoms with Crippen molar-refractivity contribution in [2.45, 2.75) is 26.8 Å². The number of primary amides is 1. The SMILES string of the molecule is Cc1c2nc(NCC(N)=O)sc2cc2sc(NC(C(=O)N3CCN(C)CC3)C(C)C)nc12. The first kappa shape index (κ1) is 22.7. The Morgan fingerprint density at radius 1 is 1.09 bits per heavy atom. The van der Waals surface area contributed by atoms with Crippen LogP contribution in [-0.4, -0.2) is 77.4 Å². The summed E-state index contributed by atoms with van der Waals surface area (Å²) in [7, 11) is 2.08. The van der Waals surface area contributed by atoms with E-state index in [2.05, 4.69) is 47.5 Å². The van der Waals surface area contributed by atoms with E-state index < -0.39 is 5.91 Å². The van der Waals surface area contributed by atoms with Crippen molar-refractivity contribution >= 4 is 65.2 Å². The molecule has 2 aromatic heterocycles. The highest BCUT2D eigenvalue weighted by atomic mass is 32.1. The van der Waals surface area contributed by atoms with Gasteiger partial charge in [-0.2, -0.15) is 0 Å². The first-order valence-corrected chi connectivity index (χ1v) is 12.3. The minimum atomic E-state index is -0.426. The molecule has 1 atom stereocenters. The number of carbonyl (C=O) groups is 2. The molecule has 4 N–H and O–H groups in total. The van der Waals surface area contributed by atoms with Gasteiger partial charge in [0.2, 0.25) is 11.8 Å². The van der Waals surface area contributed by atoms with Gasteiger partial charge in [-0.05, 0) is 26.0 Å². The van der Waals surface area contributed by atoms with Crippen molar-refractivity contribution in [1.29, 1.82) is 0 Å². The Hall–Kier alpha value is -2.50. The van der Waals surface area contributed by atoms with Gasteiger partial charge in [-0.3, -0.25) is 9.59 Å². The highest BCUT2D eigenvalue weighted by Gasteiger charge is 2.29. The Bertz CT molecular complexity index is 1150. The van der Waals surface area contributed by atoms with Gasteiger partial charge >= 0.3 is 0 Å². The molecule has 1 unspecified atom stereocenters. The standard InChI is InChI=1S/C21H29N7O2S2/c1-11(2)16(19(30)28-7-5-27(4)6-8-28)24-21-26-18-12(3)17-13(9-14(18)32-21)31-20(25-17)23-10-15(22)29/h9,11,16H,5-8,10H2,1-4H3,(H2,22,29)(H,23,25)(H,24,26). The van der Waals surface area contributed by atoms with Crippen molar-refractivity contribution in [3.05, 3.63) is 11.6 Å². The fraction of sp³-hybridized carbons (Fsp3) is 0.524. The van der Waals surface area contributed by atoms with Crippen molar-refractivity contribution < 1.29 is 9.59 Å². The summed E-state index contributed by atoms with van der Waals surface area (Å²) in [6.45, 7) is 9.49. The van der Waals surface area contributed by atoms with Gasteiger partial charge in [-0.15, -0.1) is 0 Å². The van der Waals surface area contributed by atoms with Crippen LogP contribution in [0.3, 0.4) is 0 Å². The summed E-state index contributed by atoms with van der Waals surface area (Å²) in [5.74, 6) is -0.151. The lowest BCUT2D eigenvalue weighted by atomic mass is 10.0. The average Bonchev–Trinajstić information content (AvgIpc) is 3.34. The van der Waals surface area contributed by atoms with Crippen LogP contribution in [0.2, 0.25) is 0 Å². The molecule has 0 spiro atoms. The van der Waals surface area contributed by atoms with Crippen LogP contribution in [-0.2, 0) is 9.59 Å². The zero-order valence-corrected chi connectivity index (χ0v) is 20.4. The number of amides is 2. The van der Waals surface area contributed by atoms with Crippen molar-refractivity contribution in [2.24, 2.45) is 11.7 Å². The number of piperazine rings is 1. The molecule has 1 fully saturated rings. The van der Waals surface area contributed by atoms with E-state index in [1.54, 1.807) is 11.3 Å². The van der Waals surface area contributed by atoms with E-state index in [4.69, 9.17) is 10.7 Å². The van der Waals surface area contributed by atoms with Crippen LogP contribution in [0, 0.1) is 12.8 Å². The van der Waals surface area contributed by atoms with E-state index in [-0.39, 0.29) is 24.4 Å². The summed E-state index contributed by atoms with van der Waals surface area (Å²) in [5.41, 5.74) is 7.94. The van der Waals surface area contributed by atoms with Crippen LogP contribution in [0.4, 0.5) is 10.3 Å². The van der Waals surface area contributed by atoms with Crippen LogP contribution in [0.5, 0.6) is 0 Å². The minimum Gasteiger partial charge on any atom is -0.368 e. The number of nitrogens with one attached hydrogen (secondary N) is 2. The molecule has 3 heterocycles. The summed E-state index contributed by atoms with van der Waals surface area (Å²) in [6.07, 6.45) is 0. The lowest BCUT2D eigenvalue weighted by Crippen LogP contribution is -2.53. The fourth-order valence-corrected chi connectivity index (χ4v) is 5.84.